The Kier molecular flexibility index (Phi) is 5.91. The molecule has 0 aliphatic carbocycles. The van der Waals surface area contributed by atoms with Gasteiger partial charge in [0.25, 0.3) is 0 Å². The van der Waals surface area contributed by atoms with Gasteiger partial charge in [-0.3, -0.25) is 4.79 Å². The summed E-state index contributed by atoms with van der Waals surface area (Å²) in [6, 6.07) is 0. The molecule has 4 nitrogen and oxygen atoms in total. The third-order valence-corrected chi connectivity index (χ3v) is 2.71. The number of carbonyl (C=O) groups excluding carboxylic acids is 1. The zero-order chi connectivity index (χ0) is 11.8. The average molecular weight is 224 g/mol. The van der Waals surface area contributed by atoms with Crippen LogP contribution in [0.15, 0.2) is 0 Å². The van der Waals surface area contributed by atoms with Crippen LogP contribution in [0.4, 0.5) is 0 Å². The first-order chi connectivity index (χ1) is 7.74. The van der Waals surface area contributed by atoms with E-state index in [-0.39, 0.29) is 12.5 Å². The van der Waals surface area contributed by atoms with Crippen molar-refractivity contribution >= 4 is 5.91 Å². The van der Waals surface area contributed by atoms with Crippen molar-refractivity contribution in [3.05, 3.63) is 0 Å². The standard InChI is InChI=1S/C12H20N2O2/c1-3-6-14-12(15)10(2)16-9-11-5-4-7-13-8-11/h1,10-11,13H,4-9H2,2H3,(H,14,15). The Hall–Kier alpha value is -1.05. The molecule has 4 heteroatoms. The molecule has 0 saturated carbocycles. The Bertz CT molecular complexity index is 254. The third kappa shape index (κ3) is 4.65. The van der Waals surface area contributed by atoms with Crippen molar-refractivity contribution in [2.24, 2.45) is 5.92 Å². The van der Waals surface area contributed by atoms with Crippen molar-refractivity contribution in [3.63, 3.8) is 0 Å². The molecule has 2 atom stereocenters. The molecule has 0 radical (unpaired) electrons. The molecule has 1 aliphatic rings. The lowest BCUT2D eigenvalue weighted by Crippen LogP contribution is -2.38. The largest absolute Gasteiger partial charge is 0.368 e. The highest BCUT2D eigenvalue weighted by Crippen LogP contribution is 2.10. The average Bonchev–Trinajstić information content (AvgIpc) is 2.34. The van der Waals surface area contributed by atoms with Gasteiger partial charge in [0.2, 0.25) is 5.91 Å². The molecule has 0 aromatic rings. The highest BCUT2D eigenvalue weighted by Gasteiger charge is 2.17. The van der Waals surface area contributed by atoms with Gasteiger partial charge in [0.1, 0.15) is 6.10 Å². The van der Waals surface area contributed by atoms with Gasteiger partial charge in [0.15, 0.2) is 0 Å². The quantitative estimate of drug-likeness (QED) is 0.653. The normalized spacial score (nSPS) is 22.1. The number of terminal acetylenes is 1. The Morgan fingerprint density at radius 1 is 1.75 bits per heavy atom. The Balaban J connectivity index is 2.15. The van der Waals surface area contributed by atoms with Crippen LogP contribution in [0, 0.1) is 18.3 Å². The zero-order valence-corrected chi connectivity index (χ0v) is 9.79. The second kappa shape index (κ2) is 7.26. The van der Waals surface area contributed by atoms with E-state index in [9.17, 15) is 4.79 Å². The van der Waals surface area contributed by atoms with E-state index < -0.39 is 6.10 Å². The number of nitrogens with one attached hydrogen (secondary N) is 2. The van der Waals surface area contributed by atoms with E-state index in [2.05, 4.69) is 16.6 Å². The van der Waals surface area contributed by atoms with E-state index in [0.717, 1.165) is 13.1 Å². The number of rotatable bonds is 5. The molecule has 0 aromatic heterocycles. The van der Waals surface area contributed by atoms with Gasteiger partial charge in [-0.15, -0.1) is 6.42 Å². The van der Waals surface area contributed by atoms with Gasteiger partial charge < -0.3 is 15.4 Å². The summed E-state index contributed by atoms with van der Waals surface area (Å²) in [6.45, 7) is 4.73. The van der Waals surface area contributed by atoms with Crippen LogP contribution in [0.1, 0.15) is 19.8 Å². The molecule has 2 unspecified atom stereocenters. The predicted molar refractivity (Wildman–Crippen MR) is 62.9 cm³/mol. The van der Waals surface area contributed by atoms with Crippen LogP contribution in [-0.2, 0) is 9.53 Å². The summed E-state index contributed by atoms with van der Waals surface area (Å²) >= 11 is 0. The van der Waals surface area contributed by atoms with Crippen LogP contribution in [0.3, 0.4) is 0 Å². The minimum atomic E-state index is -0.421. The van der Waals surface area contributed by atoms with Crippen LogP contribution < -0.4 is 10.6 Å². The van der Waals surface area contributed by atoms with Gasteiger partial charge in [0, 0.05) is 6.54 Å². The maximum Gasteiger partial charge on any atom is 0.249 e. The summed E-state index contributed by atoms with van der Waals surface area (Å²) in [4.78, 5) is 11.4. The van der Waals surface area contributed by atoms with Crippen molar-refractivity contribution in [2.45, 2.75) is 25.9 Å². The maximum atomic E-state index is 11.4. The first-order valence-corrected chi connectivity index (χ1v) is 5.77. The van der Waals surface area contributed by atoms with Gasteiger partial charge in [-0.1, -0.05) is 5.92 Å². The summed E-state index contributed by atoms with van der Waals surface area (Å²) in [7, 11) is 0. The van der Waals surface area contributed by atoms with Crippen molar-refractivity contribution < 1.29 is 9.53 Å². The van der Waals surface area contributed by atoms with Crippen molar-refractivity contribution in [3.8, 4) is 12.3 Å². The molecular weight excluding hydrogens is 204 g/mol. The zero-order valence-electron chi connectivity index (χ0n) is 9.79. The monoisotopic (exact) mass is 224 g/mol. The summed E-state index contributed by atoms with van der Waals surface area (Å²) in [5, 5.41) is 5.92. The molecule has 0 aromatic carbocycles. The van der Waals surface area contributed by atoms with Gasteiger partial charge in [-0.2, -0.15) is 0 Å². The Labute approximate surface area is 97.1 Å². The second-order valence-electron chi connectivity index (χ2n) is 4.11. The van der Waals surface area contributed by atoms with E-state index in [1.54, 1.807) is 6.92 Å². The van der Waals surface area contributed by atoms with E-state index in [1.165, 1.54) is 12.8 Å². The lowest BCUT2D eigenvalue weighted by molar-refractivity contribution is -0.132. The van der Waals surface area contributed by atoms with Gasteiger partial charge in [0.05, 0.1) is 13.2 Å². The molecule has 1 amide bonds. The molecule has 1 saturated heterocycles. The van der Waals surface area contributed by atoms with Crippen LogP contribution in [0.2, 0.25) is 0 Å². The fourth-order valence-corrected chi connectivity index (χ4v) is 1.70. The summed E-state index contributed by atoms with van der Waals surface area (Å²) < 4.78 is 5.52. The molecule has 1 heterocycles. The lowest BCUT2D eigenvalue weighted by Gasteiger charge is -2.23. The predicted octanol–water partition coefficient (Wildman–Crippen LogP) is 0.140. The number of ether oxygens (including phenoxy) is 1. The minimum Gasteiger partial charge on any atom is -0.368 e. The summed E-state index contributed by atoms with van der Waals surface area (Å²) in [6.07, 6.45) is 6.99. The van der Waals surface area contributed by atoms with E-state index >= 15 is 0 Å². The molecule has 0 bridgehead atoms. The van der Waals surface area contributed by atoms with Crippen molar-refractivity contribution in [1.29, 1.82) is 0 Å². The smallest absolute Gasteiger partial charge is 0.249 e. The first kappa shape index (κ1) is 13.0. The number of carbonyl (C=O) groups is 1. The van der Waals surface area contributed by atoms with Crippen LogP contribution in [0.25, 0.3) is 0 Å². The molecule has 1 rings (SSSR count). The summed E-state index contributed by atoms with van der Waals surface area (Å²) in [5.41, 5.74) is 0. The Morgan fingerprint density at radius 2 is 2.56 bits per heavy atom. The molecule has 1 aliphatic heterocycles. The number of hydrogen-bond acceptors (Lipinski definition) is 3. The van der Waals surface area contributed by atoms with E-state index in [4.69, 9.17) is 11.2 Å². The van der Waals surface area contributed by atoms with Crippen LogP contribution in [-0.4, -0.2) is 38.3 Å². The number of amides is 1. The highest BCUT2D eigenvalue weighted by atomic mass is 16.5. The molecule has 16 heavy (non-hydrogen) atoms. The minimum absolute atomic E-state index is 0.137. The van der Waals surface area contributed by atoms with Crippen molar-refractivity contribution in [1.82, 2.24) is 10.6 Å². The number of piperidine rings is 1. The third-order valence-electron chi connectivity index (χ3n) is 2.71. The van der Waals surface area contributed by atoms with E-state index in [1.807, 2.05) is 0 Å². The topological polar surface area (TPSA) is 50.4 Å². The molecule has 90 valence electrons. The lowest BCUT2D eigenvalue weighted by atomic mass is 10.0. The Morgan fingerprint density at radius 3 is 3.19 bits per heavy atom. The second-order valence-corrected chi connectivity index (χ2v) is 4.11. The number of hydrogen-bond donors (Lipinski definition) is 2. The molecular formula is C12H20N2O2. The molecule has 1 fully saturated rings. The van der Waals surface area contributed by atoms with E-state index in [0.29, 0.717) is 12.5 Å². The SMILES string of the molecule is C#CCNC(=O)C(C)OCC1CCCNC1. The van der Waals surface area contributed by atoms with Gasteiger partial charge in [-0.25, -0.2) is 0 Å². The summed E-state index contributed by atoms with van der Waals surface area (Å²) in [5.74, 6) is 2.75. The molecule has 2 N–H and O–H groups in total. The highest BCUT2D eigenvalue weighted by molar-refractivity contribution is 5.80. The first-order valence-electron chi connectivity index (χ1n) is 5.77. The van der Waals surface area contributed by atoms with Crippen molar-refractivity contribution in [2.75, 3.05) is 26.2 Å². The van der Waals surface area contributed by atoms with Gasteiger partial charge in [-0.05, 0) is 32.2 Å². The maximum absolute atomic E-state index is 11.4. The van der Waals surface area contributed by atoms with Crippen LogP contribution in [0.5, 0.6) is 0 Å². The van der Waals surface area contributed by atoms with Crippen LogP contribution >= 0.6 is 0 Å². The fraction of sp³-hybridized carbons (Fsp3) is 0.750. The fourth-order valence-electron chi connectivity index (χ4n) is 1.70. The molecule has 0 spiro atoms. The van der Waals surface area contributed by atoms with Gasteiger partial charge >= 0.3 is 0 Å².